The third-order valence-corrected chi connectivity index (χ3v) is 6.43. The monoisotopic (exact) mass is 436 g/mol. The first-order valence-electron chi connectivity index (χ1n) is 10.8. The van der Waals surface area contributed by atoms with Gasteiger partial charge in [-0.15, -0.1) is 0 Å². The third kappa shape index (κ3) is 3.06. The van der Waals surface area contributed by atoms with E-state index in [0.717, 1.165) is 27.8 Å². The van der Waals surface area contributed by atoms with Crippen molar-refractivity contribution in [3.8, 4) is 33.9 Å². The molecule has 3 N–H and O–H groups in total. The van der Waals surface area contributed by atoms with E-state index in [-0.39, 0.29) is 0 Å². The van der Waals surface area contributed by atoms with Crippen molar-refractivity contribution in [3.63, 3.8) is 0 Å². The summed E-state index contributed by atoms with van der Waals surface area (Å²) in [5.74, 6) is 1.31. The van der Waals surface area contributed by atoms with Crippen LogP contribution in [-0.4, -0.2) is 16.5 Å². The topological polar surface area (TPSA) is 73.1 Å². The van der Waals surface area contributed by atoms with Crippen LogP contribution in [0.25, 0.3) is 22.3 Å². The number of aryl methyl sites for hydroxylation is 1. The molecule has 162 valence electrons. The summed E-state index contributed by atoms with van der Waals surface area (Å²) < 4.78 is 20.7. The highest BCUT2D eigenvalue weighted by molar-refractivity contribution is 5.72. The second-order valence-corrected chi connectivity index (χ2v) is 8.52. The van der Waals surface area contributed by atoms with Crippen molar-refractivity contribution in [2.75, 3.05) is 6.54 Å². The standard InChI is InChI=1S/C27H21FN4O/c1-16-4-6-17(7-5-16)19-12-22-26(31-14-19)33-23-9-8-18(20-3-2-10-30-25(20)28)11-21(23)27(22)13-24(29)32-15-27/h2-14,32H,15,29H2,1H3/t27-/m0/s1. The maximum Gasteiger partial charge on any atom is 0.223 e. The minimum atomic E-state index is -0.588. The largest absolute Gasteiger partial charge is 0.438 e. The first kappa shape index (κ1) is 19.5. The van der Waals surface area contributed by atoms with E-state index < -0.39 is 11.4 Å². The molecule has 4 heterocycles. The Morgan fingerprint density at radius 3 is 2.52 bits per heavy atom. The Hall–Kier alpha value is -4.19. The fourth-order valence-corrected chi connectivity index (χ4v) is 4.70. The van der Waals surface area contributed by atoms with Gasteiger partial charge in [-0.1, -0.05) is 35.9 Å². The van der Waals surface area contributed by atoms with Gasteiger partial charge in [0.15, 0.2) is 0 Å². The smallest absolute Gasteiger partial charge is 0.223 e. The van der Waals surface area contributed by atoms with Gasteiger partial charge >= 0.3 is 0 Å². The summed E-state index contributed by atoms with van der Waals surface area (Å²) in [7, 11) is 0. The van der Waals surface area contributed by atoms with Crippen LogP contribution in [0.1, 0.15) is 16.7 Å². The number of halogens is 1. The number of benzene rings is 2. The van der Waals surface area contributed by atoms with Crippen molar-refractivity contribution in [3.05, 3.63) is 108 Å². The van der Waals surface area contributed by atoms with Gasteiger partial charge in [-0.3, -0.25) is 0 Å². The van der Waals surface area contributed by atoms with Crippen molar-refractivity contribution >= 4 is 0 Å². The predicted octanol–water partition coefficient (Wildman–Crippen LogP) is 5.05. The Balaban J connectivity index is 1.55. The Labute approximate surface area is 190 Å². The van der Waals surface area contributed by atoms with Crippen molar-refractivity contribution in [2.45, 2.75) is 12.3 Å². The number of pyridine rings is 2. The van der Waals surface area contributed by atoms with E-state index in [9.17, 15) is 4.39 Å². The number of rotatable bonds is 2. The summed E-state index contributed by atoms with van der Waals surface area (Å²) in [6, 6.07) is 19.6. The van der Waals surface area contributed by atoms with Crippen LogP contribution in [0.2, 0.25) is 0 Å². The maximum atomic E-state index is 14.4. The second kappa shape index (κ2) is 7.17. The van der Waals surface area contributed by atoms with Crippen molar-refractivity contribution in [1.29, 1.82) is 0 Å². The molecule has 4 aromatic rings. The number of fused-ring (bicyclic) bond motifs is 4. The number of nitrogens with one attached hydrogen (secondary N) is 1. The molecule has 0 fully saturated rings. The molecule has 2 aromatic heterocycles. The van der Waals surface area contributed by atoms with Crippen molar-refractivity contribution in [2.24, 2.45) is 5.73 Å². The first-order valence-corrected chi connectivity index (χ1v) is 10.8. The minimum absolute atomic E-state index is 0.440. The van der Waals surface area contributed by atoms with Crippen LogP contribution >= 0.6 is 0 Å². The average Bonchev–Trinajstić information content (AvgIpc) is 3.22. The normalized spacial score (nSPS) is 18.2. The van der Waals surface area contributed by atoms with Gasteiger partial charge in [-0.25, -0.2) is 9.97 Å². The molecular formula is C27H21FN4O. The SMILES string of the molecule is Cc1ccc(-c2cnc3c(c2)[C@]2(C=C(N)NC2)c2cc(-c4cccnc4F)ccc2O3)cc1. The molecule has 0 saturated heterocycles. The minimum Gasteiger partial charge on any atom is -0.438 e. The molecule has 0 bridgehead atoms. The first-order chi connectivity index (χ1) is 16.0. The molecular weight excluding hydrogens is 415 g/mol. The number of nitrogens with two attached hydrogens (primary N) is 1. The summed E-state index contributed by atoms with van der Waals surface area (Å²) >= 11 is 0. The Morgan fingerprint density at radius 2 is 1.76 bits per heavy atom. The lowest BCUT2D eigenvalue weighted by molar-refractivity contribution is 0.408. The summed E-state index contributed by atoms with van der Waals surface area (Å²) in [5.41, 5.74) is 11.9. The number of nitrogens with zero attached hydrogens (tertiary/aromatic N) is 2. The van der Waals surface area contributed by atoms with Crippen LogP contribution in [0.3, 0.4) is 0 Å². The maximum absolute atomic E-state index is 14.4. The lowest BCUT2D eigenvalue weighted by Crippen LogP contribution is -2.34. The molecule has 2 aromatic carbocycles. The fraction of sp³-hybridized carbons (Fsp3) is 0.111. The summed E-state index contributed by atoms with van der Waals surface area (Å²) in [6.07, 6.45) is 5.29. The Morgan fingerprint density at radius 1 is 0.970 bits per heavy atom. The third-order valence-electron chi connectivity index (χ3n) is 6.43. The molecule has 2 aliphatic rings. The van der Waals surface area contributed by atoms with E-state index >= 15 is 0 Å². The number of ether oxygens (including phenoxy) is 1. The molecule has 5 nitrogen and oxygen atoms in total. The zero-order valence-electron chi connectivity index (χ0n) is 18.0. The van der Waals surface area contributed by atoms with Crippen LogP contribution in [0.5, 0.6) is 11.6 Å². The Bertz CT molecular complexity index is 1430. The van der Waals surface area contributed by atoms with E-state index in [1.165, 1.54) is 11.8 Å². The highest BCUT2D eigenvalue weighted by Crippen LogP contribution is 2.51. The van der Waals surface area contributed by atoms with Crippen molar-refractivity contribution in [1.82, 2.24) is 15.3 Å². The molecule has 1 spiro atoms. The van der Waals surface area contributed by atoms with Gasteiger partial charge in [0.05, 0.1) is 11.2 Å². The zero-order chi connectivity index (χ0) is 22.6. The van der Waals surface area contributed by atoms with Crippen molar-refractivity contribution < 1.29 is 9.13 Å². The number of hydrogen-bond acceptors (Lipinski definition) is 5. The molecule has 2 aliphatic heterocycles. The van der Waals surface area contributed by atoms with Crippen LogP contribution in [0, 0.1) is 12.9 Å². The molecule has 0 radical (unpaired) electrons. The van der Waals surface area contributed by atoms with Gasteiger partial charge < -0.3 is 15.8 Å². The van der Waals surface area contributed by atoms with Gasteiger partial charge in [-0.2, -0.15) is 4.39 Å². The van der Waals surface area contributed by atoms with Crippen LogP contribution < -0.4 is 15.8 Å². The zero-order valence-corrected chi connectivity index (χ0v) is 18.0. The van der Waals surface area contributed by atoms with Gasteiger partial charge in [0.2, 0.25) is 11.8 Å². The fourth-order valence-electron chi connectivity index (χ4n) is 4.70. The molecule has 0 saturated carbocycles. The number of aromatic nitrogens is 2. The molecule has 6 rings (SSSR count). The van der Waals surface area contributed by atoms with Gasteiger partial charge in [0, 0.05) is 41.2 Å². The van der Waals surface area contributed by atoms with E-state index in [0.29, 0.717) is 29.6 Å². The van der Waals surface area contributed by atoms with E-state index in [1.54, 1.807) is 12.1 Å². The van der Waals surface area contributed by atoms with E-state index in [4.69, 9.17) is 10.5 Å². The van der Waals surface area contributed by atoms with Crippen LogP contribution in [0.15, 0.2) is 85.0 Å². The molecule has 33 heavy (non-hydrogen) atoms. The van der Waals surface area contributed by atoms with E-state index in [1.807, 2.05) is 30.5 Å². The van der Waals surface area contributed by atoms with Gasteiger partial charge in [0.25, 0.3) is 0 Å². The second-order valence-electron chi connectivity index (χ2n) is 8.52. The highest BCUT2D eigenvalue weighted by atomic mass is 19.1. The summed E-state index contributed by atoms with van der Waals surface area (Å²) in [4.78, 5) is 8.47. The highest BCUT2D eigenvalue weighted by Gasteiger charge is 2.44. The van der Waals surface area contributed by atoms with Gasteiger partial charge in [-0.05, 0) is 54.5 Å². The molecule has 6 heteroatoms. The summed E-state index contributed by atoms with van der Waals surface area (Å²) in [6.45, 7) is 2.62. The number of hydrogen-bond donors (Lipinski definition) is 2. The predicted molar refractivity (Wildman–Crippen MR) is 125 cm³/mol. The quantitative estimate of drug-likeness (QED) is 0.430. The molecule has 0 aliphatic carbocycles. The lowest BCUT2D eigenvalue weighted by atomic mass is 9.73. The van der Waals surface area contributed by atoms with Crippen LogP contribution in [-0.2, 0) is 5.41 Å². The summed E-state index contributed by atoms with van der Waals surface area (Å²) in [5, 5.41) is 3.27. The van der Waals surface area contributed by atoms with Gasteiger partial charge in [0.1, 0.15) is 5.75 Å². The molecule has 0 unspecified atom stereocenters. The molecule has 0 amide bonds. The lowest BCUT2D eigenvalue weighted by Gasteiger charge is -2.35. The van der Waals surface area contributed by atoms with Crippen LogP contribution in [0.4, 0.5) is 4.39 Å². The average molecular weight is 436 g/mol. The Kier molecular flexibility index (Phi) is 4.23. The van der Waals surface area contributed by atoms with E-state index in [2.05, 4.69) is 52.5 Å². The molecule has 1 atom stereocenters.